The van der Waals surface area contributed by atoms with E-state index in [1.165, 1.54) is 86.5 Å². The van der Waals surface area contributed by atoms with Crippen molar-refractivity contribution in [1.82, 2.24) is 9.55 Å². The van der Waals surface area contributed by atoms with Crippen molar-refractivity contribution in [3.8, 4) is 50.3 Å². The van der Waals surface area contributed by atoms with E-state index in [-0.39, 0.29) is 0 Å². The monoisotopic (exact) mass is 1150 g/mol. The summed E-state index contributed by atoms with van der Waals surface area (Å²) in [6, 6.07) is 123. The minimum absolute atomic E-state index is 0.553. The second-order valence-electron chi connectivity index (χ2n) is 23.0. The molecule has 0 bridgehead atoms. The number of thiophene rings is 1. The van der Waals surface area contributed by atoms with Gasteiger partial charge in [-0.05, 0) is 159 Å². The van der Waals surface area contributed by atoms with Gasteiger partial charge in [0, 0.05) is 88.1 Å². The molecule has 0 saturated heterocycles. The largest absolute Gasteiger partial charge is 0.310 e. The highest BCUT2D eigenvalue weighted by atomic mass is 32.1. The van der Waals surface area contributed by atoms with E-state index in [0.29, 0.717) is 0 Å². The molecule has 0 spiro atoms. The molecular weight excluding hydrogens is 1100 g/mol. The van der Waals surface area contributed by atoms with E-state index in [1.807, 2.05) is 29.7 Å². The maximum Gasteiger partial charge on any atom is 0.0713 e. The van der Waals surface area contributed by atoms with Gasteiger partial charge in [-0.2, -0.15) is 0 Å². The first-order chi connectivity index (χ1) is 44.2. The first-order valence-electron chi connectivity index (χ1n) is 30.4. The number of para-hydroxylation sites is 3. The fourth-order valence-corrected chi connectivity index (χ4v) is 15.4. The maximum atomic E-state index is 4.75. The highest BCUT2D eigenvalue weighted by Gasteiger charge is 2.46. The molecule has 4 nitrogen and oxygen atoms in total. The molecule has 16 aromatic rings. The number of rotatable bonds is 12. The fourth-order valence-electron chi connectivity index (χ4n) is 14.2. The van der Waals surface area contributed by atoms with Gasteiger partial charge in [-0.3, -0.25) is 4.98 Å². The van der Waals surface area contributed by atoms with Gasteiger partial charge in [-0.25, -0.2) is 0 Å². The van der Waals surface area contributed by atoms with Crippen LogP contribution in [0.25, 0.3) is 92.3 Å². The zero-order valence-corrected chi connectivity index (χ0v) is 49.3. The summed E-state index contributed by atoms with van der Waals surface area (Å²) < 4.78 is 4.97. The molecule has 418 valence electrons. The third-order valence-electron chi connectivity index (χ3n) is 18.1. The fraction of sp³-hybridized carbons (Fsp3) is 0.0119. The van der Waals surface area contributed by atoms with Gasteiger partial charge in [0.05, 0.1) is 22.1 Å². The summed E-state index contributed by atoms with van der Waals surface area (Å²) in [5.41, 5.74) is 23.2. The molecule has 1 aliphatic carbocycles. The lowest BCUT2D eigenvalue weighted by molar-refractivity contribution is 0.768. The molecule has 3 heterocycles. The van der Waals surface area contributed by atoms with Crippen LogP contribution in [-0.4, -0.2) is 9.55 Å². The number of hydrogen-bond donors (Lipinski definition) is 0. The van der Waals surface area contributed by atoms with Crippen molar-refractivity contribution in [2.75, 3.05) is 9.80 Å². The average Bonchev–Trinajstić information content (AvgIpc) is 1.60. The van der Waals surface area contributed by atoms with Gasteiger partial charge in [-0.1, -0.05) is 224 Å². The molecule has 0 amide bonds. The first kappa shape index (κ1) is 52.0. The van der Waals surface area contributed by atoms with Crippen molar-refractivity contribution in [2.45, 2.75) is 5.41 Å². The molecule has 5 heteroatoms. The molecule has 0 fully saturated rings. The summed E-state index contributed by atoms with van der Waals surface area (Å²) in [5.74, 6) is 0. The smallest absolute Gasteiger partial charge is 0.0713 e. The molecule has 1 aliphatic rings. The summed E-state index contributed by atoms with van der Waals surface area (Å²) >= 11 is 1.88. The van der Waals surface area contributed by atoms with Crippen molar-refractivity contribution >= 4 is 87.4 Å². The Morgan fingerprint density at radius 1 is 0.326 bits per heavy atom. The van der Waals surface area contributed by atoms with Crippen molar-refractivity contribution < 1.29 is 0 Å². The zero-order chi connectivity index (χ0) is 58.8. The van der Waals surface area contributed by atoms with Crippen molar-refractivity contribution in [2.24, 2.45) is 0 Å². The minimum Gasteiger partial charge on any atom is -0.310 e. The Labute approximate surface area is 521 Å². The molecule has 0 unspecified atom stereocenters. The molecule has 0 atom stereocenters. The maximum absolute atomic E-state index is 4.75. The zero-order valence-electron chi connectivity index (χ0n) is 48.5. The SMILES string of the molecule is c1ccc(-c2ccc(N(c3cc(-c4cc5c6ccccc6n(-c6ccccc6)c5c5c4sc4ccccc45)cc(N(c4ccccc4)c4ccc(-c5ccccn5)cc4)c3)c3ccc4c(c3)-c3ccccc3C4(c3ccccc3)c3ccccc3)cc2)cc1. The predicted molar refractivity (Wildman–Crippen MR) is 374 cm³/mol. The minimum atomic E-state index is -0.553. The molecule has 0 radical (unpaired) electrons. The number of benzene rings is 13. The lowest BCUT2D eigenvalue weighted by atomic mass is 9.68. The topological polar surface area (TPSA) is 24.3 Å². The van der Waals surface area contributed by atoms with Gasteiger partial charge in [0.25, 0.3) is 0 Å². The number of aromatic nitrogens is 2. The summed E-state index contributed by atoms with van der Waals surface area (Å²) in [7, 11) is 0. The van der Waals surface area contributed by atoms with Crippen LogP contribution in [-0.2, 0) is 5.41 Å². The third kappa shape index (κ3) is 8.61. The molecule has 0 aliphatic heterocycles. The van der Waals surface area contributed by atoms with Gasteiger partial charge < -0.3 is 14.4 Å². The molecule has 0 saturated carbocycles. The van der Waals surface area contributed by atoms with Gasteiger partial charge in [0.2, 0.25) is 0 Å². The third-order valence-corrected chi connectivity index (χ3v) is 19.3. The van der Waals surface area contributed by atoms with Crippen LogP contribution in [0, 0.1) is 0 Å². The summed E-state index contributed by atoms with van der Waals surface area (Å²) in [6.45, 7) is 0. The number of nitrogens with zero attached hydrogens (tertiary/aromatic N) is 4. The molecular formula is C84H56N4S. The van der Waals surface area contributed by atoms with Crippen LogP contribution < -0.4 is 9.80 Å². The van der Waals surface area contributed by atoms with Gasteiger partial charge in [-0.15, -0.1) is 11.3 Å². The predicted octanol–water partition coefficient (Wildman–Crippen LogP) is 22.9. The molecule has 3 aromatic heterocycles. The number of hydrogen-bond acceptors (Lipinski definition) is 4. The second kappa shape index (κ2) is 21.5. The Kier molecular flexibility index (Phi) is 12.6. The second-order valence-corrected chi connectivity index (χ2v) is 24.0. The van der Waals surface area contributed by atoms with Crippen molar-refractivity contribution in [1.29, 1.82) is 0 Å². The Hall–Kier alpha value is -11.4. The molecule has 17 rings (SSSR count). The van der Waals surface area contributed by atoms with Crippen LogP contribution >= 0.6 is 11.3 Å². The van der Waals surface area contributed by atoms with E-state index in [1.54, 1.807) is 0 Å². The molecule has 89 heavy (non-hydrogen) atoms. The van der Waals surface area contributed by atoms with Crippen molar-refractivity contribution in [3.05, 3.63) is 362 Å². The van der Waals surface area contributed by atoms with Crippen LogP contribution in [0.15, 0.2) is 340 Å². The van der Waals surface area contributed by atoms with Crippen molar-refractivity contribution in [3.63, 3.8) is 0 Å². The summed E-state index contributed by atoms with van der Waals surface area (Å²) in [5, 5.41) is 4.91. The summed E-state index contributed by atoms with van der Waals surface area (Å²) in [4.78, 5) is 9.66. The van der Waals surface area contributed by atoms with Crippen LogP contribution in [0.3, 0.4) is 0 Å². The standard InChI is InChI=1S/C84H56N4S/c1-6-24-57(25-7-1)58-41-45-66(46-42-58)87(67-49-50-77-74(55-67)70-34-16-19-37-76(70)84(77,61-26-8-2-9-27-61)62-28-10-3-11-29-62)69-53-60(52-68(54-69)86(63-30-12-4-13-31-63)65-47-43-59(44-48-65)78-38-22-23-51-85-78)73-56-75-71-35-17-20-39-79(71)88(64-32-14-5-15-33-64)82(75)81-72-36-18-21-40-80(72)89-83(73)81/h1-56H. The highest BCUT2D eigenvalue weighted by Crippen LogP contribution is 2.58. The molecule has 0 N–H and O–H groups in total. The summed E-state index contributed by atoms with van der Waals surface area (Å²) in [6.07, 6.45) is 1.86. The van der Waals surface area contributed by atoms with E-state index < -0.39 is 5.41 Å². The van der Waals surface area contributed by atoms with Gasteiger partial charge >= 0.3 is 0 Å². The Morgan fingerprint density at radius 2 is 0.854 bits per heavy atom. The van der Waals surface area contributed by atoms with Gasteiger partial charge in [0.1, 0.15) is 0 Å². The Bertz CT molecular complexity index is 5240. The van der Waals surface area contributed by atoms with E-state index in [0.717, 1.165) is 62.2 Å². The van der Waals surface area contributed by atoms with Crippen LogP contribution in [0.4, 0.5) is 34.1 Å². The quantitative estimate of drug-likeness (QED) is 0.122. The van der Waals surface area contributed by atoms with E-state index in [9.17, 15) is 0 Å². The average molecular weight is 1150 g/mol. The lowest BCUT2D eigenvalue weighted by Crippen LogP contribution is -2.28. The van der Waals surface area contributed by atoms with Crippen LogP contribution in [0.5, 0.6) is 0 Å². The lowest BCUT2D eigenvalue weighted by Gasteiger charge is -2.34. The Balaban J connectivity index is 0.965. The number of fused-ring (bicyclic) bond motifs is 10. The number of anilines is 6. The normalized spacial score (nSPS) is 12.4. The Morgan fingerprint density at radius 3 is 1.54 bits per heavy atom. The van der Waals surface area contributed by atoms with Crippen LogP contribution in [0.2, 0.25) is 0 Å². The van der Waals surface area contributed by atoms with E-state index >= 15 is 0 Å². The van der Waals surface area contributed by atoms with E-state index in [2.05, 4.69) is 336 Å². The molecule has 13 aromatic carbocycles. The first-order valence-corrected chi connectivity index (χ1v) is 31.2. The number of pyridine rings is 1. The van der Waals surface area contributed by atoms with Gasteiger partial charge in [0.15, 0.2) is 0 Å². The van der Waals surface area contributed by atoms with Crippen LogP contribution in [0.1, 0.15) is 22.3 Å². The van der Waals surface area contributed by atoms with E-state index in [4.69, 9.17) is 4.98 Å². The highest BCUT2D eigenvalue weighted by molar-refractivity contribution is 7.26.